The molecule has 0 aromatic carbocycles. The van der Waals surface area contributed by atoms with Crippen LogP contribution >= 0.6 is 0 Å². The summed E-state index contributed by atoms with van der Waals surface area (Å²) in [4.78, 5) is 4.33. The molecule has 0 unspecified atom stereocenters. The molecule has 1 saturated carbocycles. The third-order valence-corrected chi connectivity index (χ3v) is 3.12. The Bertz CT molecular complexity index is 375. The predicted octanol–water partition coefficient (Wildman–Crippen LogP) is 1.52. The van der Waals surface area contributed by atoms with Crippen LogP contribution in [0.4, 0.5) is 0 Å². The van der Waals surface area contributed by atoms with Gasteiger partial charge < -0.3 is 15.2 Å². The van der Waals surface area contributed by atoms with Gasteiger partial charge in [0.15, 0.2) is 11.5 Å². The summed E-state index contributed by atoms with van der Waals surface area (Å²) in [5.41, 5.74) is 7.04. The van der Waals surface area contributed by atoms with Crippen LogP contribution < -0.4 is 15.2 Å². The molecule has 88 valence electrons. The first-order valence-electron chi connectivity index (χ1n) is 5.53. The van der Waals surface area contributed by atoms with E-state index in [-0.39, 0.29) is 5.54 Å². The summed E-state index contributed by atoms with van der Waals surface area (Å²) in [5.74, 6) is 1.46. The van der Waals surface area contributed by atoms with Gasteiger partial charge in [-0.3, -0.25) is 4.98 Å². The number of ether oxygens (including phenoxy) is 2. The Kier molecular flexibility index (Phi) is 3.01. The number of rotatable bonds is 5. The van der Waals surface area contributed by atoms with E-state index in [1.807, 2.05) is 0 Å². The first-order chi connectivity index (χ1) is 7.68. The molecule has 4 nitrogen and oxygen atoms in total. The van der Waals surface area contributed by atoms with Crippen molar-refractivity contribution in [1.29, 1.82) is 0 Å². The van der Waals surface area contributed by atoms with Crippen LogP contribution in [0.3, 0.4) is 0 Å². The van der Waals surface area contributed by atoms with Gasteiger partial charge in [0.25, 0.3) is 0 Å². The van der Waals surface area contributed by atoms with Crippen LogP contribution in [0.25, 0.3) is 0 Å². The number of aromatic nitrogens is 1. The van der Waals surface area contributed by atoms with Crippen LogP contribution in [0.5, 0.6) is 11.5 Å². The molecular formula is C12H18N2O2. The normalized spacial score (nSPS) is 16.9. The van der Waals surface area contributed by atoms with E-state index in [9.17, 15) is 0 Å². The highest BCUT2D eigenvalue weighted by molar-refractivity contribution is 5.42. The molecule has 1 aliphatic rings. The molecule has 0 atom stereocenters. The molecule has 0 radical (unpaired) electrons. The number of hydrogen-bond acceptors (Lipinski definition) is 4. The van der Waals surface area contributed by atoms with E-state index in [0.29, 0.717) is 0 Å². The number of nitrogens with two attached hydrogens (primary N) is 1. The van der Waals surface area contributed by atoms with Gasteiger partial charge in [-0.25, -0.2) is 0 Å². The zero-order valence-corrected chi connectivity index (χ0v) is 9.82. The second-order valence-electron chi connectivity index (χ2n) is 4.36. The molecular weight excluding hydrogens is 204 g/mol. The summed E-state index contributed by atoms with van der Waals surface area (Å²) < 4.78 is 10.6. The van der Waals surface area contributed by atoms with E-state index in [0.717, 1.165) is 42.9 Å². The predicted molar refractivity (Wildman–Crippen MR) is 61.8 cm³/mol. The van der Waals surface area contributed by atoms with Crippen molar-refractivity contribution in [2.45, 2.75) is 31.2 Å². The van der Waals surface area contributed by atoms with Crippen LogP contribution in [0.15, 0.2) is 12.3 Å². The van der Waals surface area contributed by atoms with Crippen molar-refractivity contribution in [3.05, 3.63) is 18.0 Å². The highest BCUT2D eigenvalue weighted by atomic mass is 16.5. The Hall–Kier alpha value is -1.29. The maximum absolute atomic E-state index is 6.06. The monoisotopic (exact) mass is 222 g/mol. The molecule has 0 spiro atoms. The molecule has 1 heterocycles. The molecule has 2 N–H and O–H groups in total. The minimum Gasteiger partial charge on any atom is -0.493 e. The van der Waals surface area contributed by atoms with Gasteiger partial charge in [-0.1, -0.05) is 0 Å². The summed E-state index contributed by atoms with van der Waals surface area (Å²) >= 11 is 0. The average molecular weight is 222 g/mol. The third kappa shape index (κ3) is 2.27. The van der Waals surface area contributed by atoms with Crippen molar-refractivity contribution in [3.63, 3.8) is 0 Å². The highest BCUT2D eigenvalue weighted by Gasteiger charge is 2.37. The zero-order valence-electron chi connectivity index (χ0n) is 9.82. The van der Waals surface area contributed by atoms with Gasteiger partial charge >= 0.3 is 0 Å². The van der Waals surface area contributed by atoms with Crippen molar-refractivity contribution < 1.29 is 9.47 Å². The Morgan fingerprint density at radius 1 is 1.38 bits per heavy atom. The Labute approximate surface area is 95.8 Å². The van der Waals surface area contributed by atoms with Gasteiger partial charge in [0.1, 0.15) is 0 Å². The van der Waals surface area contributed by atoms with E-state index in [1.54, 1.807) is 26.5 Å². The molecule has 4 heteroatoms. The minimum absolute atomic E-state index is 0.0514. The summed E-state index contributed by atoms with van der Waals surface area (Å²) in [6.07, 6.45) is 5.80. The quantitative estimate of drug-likeness (QED) is 0.820. The lowest BCUT2D eigenvalue weighted by Gasteiger charge is -2.13. The topological polar surface area (TPSA) is 57.4 Å². The maximum atomic E-state index is 6.06. The molecule has 0 bridgehead atoms. The molecule has 1 aromatic rings. The molecule has 0 amide bonds. The number of hydrogen-bond donors (Lipinski definition) is 1. The molecule has 16 heavy (non-hydrogen) atoms. The van der Waals surface area contributed by atoms with Crippen molar-refractivity contribution in [2.24, 2.45) is 5.73 Å². The molecule has 0 aliphatic heterocycles. The van der Waals surface area contributed by atoms with Crippen molar-refractivity contribution in [2.75, 3.05) is 14.2 Å². The fourth-order valence-corrected chi connectivity index (χ4v) is 1.81. The van der Waals surface area contributed by atoms with Gasteiger partial charge in [0.2, 0.25) is 0 Å². The van der Waals surface area contributed by atoms with Crippen LogP contribution in [0.2, 0.25) is 0 Å². The second kappa shape index (κ2) is 4.29. The van der Waals surface area contributed by atoms with Crippen molar-refractivity contribution in [3.8, 4) is 11.5 Å². The van der Waals surface area contributed by atoms with Gasteiger partial charge in [-0.2, -0.15) is 0 Å². The van der Waals surface area contributed by atoms with E-state index in [4.69, 9.17) is 15.2 Å². The first kappa shape index (κ1) is 11.2. The fourth-order valence-electron chi connectivity index (χ4n) is 1.81. The summed E-state index contributed by atoms with van der Waals surface area (Å²) in [6.45, 7) is 0. The molecule has 1 fully saturated rings. The minimum atomic E-state index is 0.0514. The van der Waals surface area contributed by atoms with Crippen LogP contribution in [-0.4, -0.2) is 24.7 Å². The zero-order chi connectivity index (χ0) is 11.6. The van der Waals surface area contributed by atoms with Gasteiger partial charge in [0.05, 0.1) is 19.9 Å². The fraction of sp³-hybridized carbons (Fsp3) is 0.583. The lowest BCUT2D eigenvalue weighted by molar-refractivity contribution is 0.348. The van der Waals surface area contributed by atoms with Crippen LogP contribution in [0.1, 0.15) is 25.0 Å². The molecule has 1 aromatic heterocycles. The van der Waals surface area contributed by atoms with Crippen LogP contribution in [-0.2, 0) is 6.42 Å². The number of aryl methyl sites for hydroxylation is 1. The van der Waals surface area contributed by atoms with E-state index in [2.05, 4.69) is 4.98 Å². The van der Waals surface area contributed by atoms with Gasteiger partial charge in [0, 0.05) is 17.8 Å². The molecule has 2 rings (SSSR count). The smallest absolute Gasteiger partial charge is 0.182 e. The standard InChI is InChI=1S/C12H18N2O2/c1-15-10-4-8-14-9(11(10)16-2)3-5-12(13)6-7-12/h4,8H,3,5-7,13H2,1-2H3. The first-order valence-corrected chi connectivity index (χ1v) is 5.53. The van der Waals surface area contributed by atoms with Crippen molar-refractivity contribution in [1.82, 2.24) is 4.98 Å². The summed E-state index contributed by atoms with van der Waals surface area (Å²) in [7, 11) is 3.27. The van der Waals surface area contributed by atoms with Crippen LogP contribution in [0, 0.1) is 0 Å². The summed E-state index contributed by atoms with van der Waals surface area (Å²) in [5, 5.41) is 0. The number of methoxy groups -OCH3 is 2. The molecule has 0 saturated heterocycles. The Morgan fingerprint density at radius 3 is 2.69 bits per heavy atom. The highest BCUT2D eigenvalue weighted by Crippen LogP contribution is 2.38. The number of pyridine rings is 1. The van der Waals surface area contributed by atoms with E-state index in [1.165, 1.54) is 0 Å². The Morgan fingerprint density at radius 2 is 2.12 bits per heavy atom. The van der Waals surface area contributed by atoms with Gasteiger partial charge in [-0.05, 0) is 25.7 Å². The van der Waals surface area contributed by atoms with E-state index < -0.39 is 0 Å². The largest absolute Gasteiger partial charge is 0.493 e. The summed E-state index contributed by atoms with van der Waals surface area (Å²) in [6, 6.07) is 1.80. The Balaban J connectivity index is 2.12. The number of nitrogens with zero attached hydrogens (tertiary/aromatic N) is 1. The van der Waals surface area contributed by atoms with Crippen molar-refractivity contribution >= 4 is 0 Å². The lowest BCUT2D eigenvalue weighted by atomic mass is 10.1. The lowest BCUT2D eigenvalue weighted by Crippen LogP contribution is -2.22. The van der Waals surface area contributed by atoms with E-state index >= 15 is 0 Å². The molecule has 1 aliphatic carbocycles. The average Bonchev–Trinajstić information content (AvgIpc) is 3.04. The SMILES string of the molecule is COc1ccnc(CCC2(N)CC2)c1OC. The second-order valence-corrected chi connectivity index (χ2v) is 4.36. The maximum Gasteiger partial charge on any atom is 0.182 e. The van der Waals surface area contributed by atoms with Gasteiger partial charge in [-0.15, -0.1) is 0 Å². The third-order valence-electron chi connectivity index (χ3n) is 3.12.